The van der Waals surface area contributed by atoms with Crippen LogP contribution in [0.5, 0.6) is 0 Å². The van der Waals surface area contributed by atoms with E-state index >= 15 is 0 Å². The van der Waals surface area contributed by atoms with E-state index < -0.39 is 0 Å². The van der Waals surface area contributed by atoms with E-state index in [9.17, 15) is 4.79 Å². The molecule has 1 saturated carbocycles. The zero-order chi connectivity index (χ0) is 19.9. The van der Waals surface area contributed by atoms with Crippen molar-refractivity contribution in [3.8, 4) is 0 Å². The van der Waals surface area contributed by atoms with Crippen molar-refractivity contribution in [2.75, 3.05) is 0 Å². The third-order valence-electron chi connectivity index (χ3n) is 6.21. The van der Waals surface area contributed by atoms with Crippen molar-refractivity contribution in [2.24, 2.45) is 23.7 Å². The monoisotopic (exact) mass is 378 g/mol. The zero-order valence-corrected chi connectivity index (χ0v) is 17.5. The van der Waals surface area contributed by atoms with E-state index in [1.165, 1.54) is 24.0 Å². The third kappa shape index (κ3) is 5.70. The van der Waals surface area contributed by atoms with E-state index in [0.29, 0.717) is 17.8 Å². The highest BCUT2D eigenvalue weighted by molar-refractivity contribution is 5.73. The van der Waals surface area contributed by atoms with Crippen LogP contribution in [0, 0.1) is 23.7 Å². The van der Waals surface area contributed by atoms with E-state index in [2.05, 4.69) is 45.0 Å². The summed E-state index contributed by atoms with van der Waals surface area (Å²) in [6.45, 7) is 6.79. The highest BCUT2D eigenvalue weighted by Gasteiger charge is 2.35. The summed E-state index contributed by atoms with van der Waals surface area (Å²) < 4.78 is 6.20. The Hall–Kier alpha value is -2.09. The molecule has 0 aliphatic heterocycles. The number of rotatable bonds is 7. The minimum Gasteiger partial charge on any atom is -0.462 e. The summed E-state index contributed by atoms with van der Waals surface area (Å²) in [5.41, 5.74) is 2.38. The van der Waals surface area contributed by atoms with Crippen molar-refractivity contribution in [2.45, 2.75) is 59.0 Å². The first-order valence-electron chi connectivity index (χ1n) is 10.8. The van der Waals surface area contributed by atoms with Gasteiger partial charge in [0.1, 0.15) is 6.10 Å². The number of hydrogen-bond donors (Lipinski definition) is 0. The smallest absolute Gasteiger partial charge is 0.309 e. The van der Waals surface area contributed by atoms with Gasteiger partial charge in [0.25, 0.3) is 0 Å². The maximum Gasteiger partial charge on any atom is 0.309 e. The number of ether oxygens (including phenoxy) is 1. The second-order valence-corrected chi connectivity index (χ2v) is 8.88. The molecule has 0 saturated heterocycles. The molecular weight excluding hydrogens is 344 g/mol. The number of benzene rings is 2. The van der Waals surface area contributed by atoms with Gasteiger partial charge in [-0.1, -0.05) is 87.9 Å². The lowest BCUT2D eigenvalue weighted by Crippen LogP contribution is -2.38. The van der Waals surface area contributed by atoms with Gasteiger partial charge in [0, 0.05) is 0 Å². The molecule has 0 bridgehead atoms. The predicted molar refractivity (Wildman–Crippen MR) is 115 cm³/mol. The van der Waals surface area contributed by atoms with Gasteiger partial charge in [-0.05, 0) is 54.6 Å². The molecule has 1 aliphatic rings. The van der Waals surface area contributed by atoms with E-state index in [-0.39, 0.29) is 18.0 Å². The minimum atomic E-state index is -0.144. The Labute approximate surface area is 170 Å². The molecule has 0 spiro atoms. The molecule has 2 nitrogen and oxygen atoms in total. The molecule has 0 aromatic heterocycles. The van der Waals surface area contributed by atoms with Crippen molar-refractivity contribution < 1.29 is 9.53 Å². The van der Waals surface area contributed by atoms with Crippen molar-refractivity contribution >= 4 is 5.97 Å². The van der Waals surface area contributed by atoms with Gasteiger partial charge >= 0.3 is 5.97 Å². The van der Waals surface area contributed by atoms with Crippen LogP contribution in [-0.4, -0.2) is 12.1 Å². The Morgan fingerprint density at radius 2 is 1.46 bits per heavy atom. The van der Waals surface area contributed by atoms with Gasteiger partial charge in [0.05, 0.1) is 5.92 Å². The summed E-state index contributed by atoms with van der Waals surface area (Å²) in [5, 5.41) is 0. The Bertz CT molecular complexity index is 681. The van der Waals surface area contributed by atoms with Crippen molar-refractivity contribution in [1.82, 2.24) is 0 Å². The molecule has 2 aromatic rings. The number of carbonyl (C=O) groups is 1. The fourth-order valence-electron chi connectivity index (χ4n) is 4.53. The summed E-state index contributed by atoms with van der Waals surface area (Å²) in [6, 6.07) is 20.6. The van der Waals surface area contributed by atoms with Crippen LogP contribution in [0.1, 0.15) is 51.2 Å². The molecule has 0 amide bonds. The highest BCUT2D eigenvalue weighted by atomic mass is 16.5. The second-order valence-electron chi connectivity index (χ2n) is 8.88. The molecule has 150 valence electrons. The normalized spacial score (nSPS) is 22.4. The number of hydrogen-bond acceptors (Lipinski definition) is 2. The van der Waals surface area contributed by atoms with Gasteiger partial charge in [-0.2, -0.15) is 0 Å². The fourth-order valence-corrected chi connectivity index (χ4v) is 4.53. The van der Waals surface area contributed by atoms with E-state index in [0.717, 1.165) is 19.3 Å². The maximum atomic E-state index is 13.3. The number of esters is 1. The lowest BCUT2D eigenvalue weighted by molar-refractivity contribution is -0.161. The number of carbonyl (C=O) groups excluding carboxylic acids is 1. The summed E-state index contributed by atoms with van der Waals surface area (Å²) in [6.07, 6.45) is 4.92. The first kappa shape index (κ1) is 20.6. The van der Waals surface area contributed by atoms with Gasteiger partial charge in [-0.25, -0.2) is 0 Å². The van der Waals surface area contributed by atoms with E-state index in [4.69, 9.17) is 4.74 Å². The Morgan fingerprint density at radius 1 is 0.929 bits per heavy atom. The topological polar surface area (TPSA) is 26.3 Å². The van der Waals surface area contributed by atoms with E-state index in [1.54, 1.807) is 0 Å². The summed E-state index contributed by atoms with van der Waals surface area (Å²) in [4.78, 5) is 13.3. The van der Waals surface area contributed by atoms with Crippen LogP contribution >= 0.6 is 0 Å². The van der Waals surface area contributed by atoms with E-state index in [1.807, 2.05) is 36.4 Å². The largest absolute Gasteiger partial charge is 0.462 e. The predicted octanol–water partition coefficient (Wildman–Crippen LogP) is 6.09. The first-order chi connectivity index (χ1) is 13.5. The van der Waals surface area contributed by atoms with Gasteiger partial charge in [-0.3, -0.25) is 4.79 Å². The van der Waals surface area contributed by atoms with Crippen molar-refractivity contribution in [3.05, 3.63) is 71.8 Å². The van der Waals surface area contributed by atoms with Crippen LogP contribution in [0.4, 0.5) is 0 Å². The van der Waals surface area contributed by atoms with Crippen molar-refractivity contribution in [3.63, 3.8) is 0 Å². The van der Waals surface area contributed by atoms with Crippen LogP contribution in [0.15, 0.2) is 60.7 Å². The van der Waals surface area contributed by atoms with Crippen LogP contribution in [0.3, 0.4) is 0 Å². The molecule has 2 aromatic carbocycles. The Kier molecular flexibility index (Phi) is 7.30. The quantitative estimate of drug-likeness (QED) is 0.545. The SMILES string of the molecule is CC(C)[C@H]1CC[C@@H](C)C[C@H]1OC(=O)C(Cc1ccccc1)Cc1ccccc1. The first-order valence-corrected chi connectivity index (χ1v) is 10.8. The average molecular weight is 379 g/mol. The second kappa shape index (κ2) is 9.91. The van der Waals surface area contributed by atoms with Crippen LogP contribution in [0.2, 0.25) is 0 Å². The summed E-state index contributed by atoms with van der Waals surface area (Å²) in [5.74, 6) is 1.49. The molecule has 1 fully saturated rings. The molecule has 2 heteroatoms. The lowest BCUT2D eigenvalue weighted by atomic mass is 9.75. The van der Waals surface area contributed by atoms with Crippen LogP contribution < -0.4 is 0 Å². The minimum absolute atomic E-state index is 0.0301. The highest BCUT2D eigenvalue weighted by Crippen LogP contribution is 2.36. The fraction of sp³-hybridized carbons (Fsp3) is 0.500. The summed E-state index contributed by atoms with van der Waals surface area (Å²) in [7, 11) is 0. The molecule has 0 radical (unpaired) electrons. The van der Waals surface area contributed by atoms with Crippen LogP contribution in [-0.2, 0) is 22.4 Å². The molecule has 3 rings (SSSR count). The lowest BCUT2D eigenvalue weighted by Gasteiger charge is -2.37. The molecule has 28 heavy (non-hydrogen) atoms. The molecular formula is C26H34O2. The van der Waals surface area contributed by atoms with Gasteiger partial charge in [0.15, 0.2) is 0 Å². The zero-order valence-electron chi connectivity index (χ0n) is 17.5. The average Bonchev–Trinajstić information content (AvgIpc) is 2.69. The Morgan fingerprint density at radius 3 is 1.96 bits per heavy atom. The molecule has 0 heterocycles. The maximum absolute atomic E-state index is 13.3. The van der Waals surface area contributed by atoms with Crippen molar-refractivity contribution in [1.29, 1.82) is 0 Å². The third-order valence-corrected chi connectivity index (χ3v) is 6.21. The van der Waals surface area contributed by atoms with Gasteiger partial charge < -0.3 is 4.74 Å². The molecule has 3 atom stereocenters. The Balaban J connectivity index is 1.75. The standard InChI is InChI=1S/C26H34O2/c1-19(2)24-15-14-20(3)16-25(24)28-26(27)23(17-21-10-6-4-7-11-21)18-22-12-8-5-9-13-22/h4-13,19-20,23-25H,14-18H2,1-3H3/t20-,24-,25-/m1/s1. The van der Waals surface area contributed by atoms with Gasteiger partial charge in [-0.15, -0.1) is 0 Å². The molecule has 0 unspecified atom stereocenters. The summed E-state index contributed by atoms with van der Waals surface area (Å²) >= 11 is 0. The van der Waals surface area contributed by atoms with Crippen LogP contribution in [0.25, 0.3) is 0 Å². The molecule has 1 aliphatic carbocycles. The van der Waals surface area contributed by atoms with Gasteiger partial charge in [0.2, 0.25) is 0 Å². The molecule has 0 N–H and O–H groups in total.